The largest absolute Gasteiger partial charge is 0.311 e. The molecule has 0 spiro atoms. The quantitative estimate of drug-likeness (QED) is 0.795. The predicted molar refractivity (Wildman–Crippen MR) is 80.2 cm³/mol. The summed E-state index contributed by atoms with van der Waals surface area (Å²) in [7, 11) is 0. The number of nitrogens with zero attached hydrogens (tertiary/aromatic N) is 1. The Bertz CT molecular complexity index is 344. The van der Waals surface area contributed by atoms with E-state index in [9.17, 15) is 0 Å². The van der Waals surface area contributed by atoms with Crippen molar-refractivity contribution in [3.8, 4) is 0 Å². The Morgan fingerprint density at radius 2 is 1.89 bits per heavy atom. The van der Waals surface area contributed by atoms with Crippen LogP contribution in [-0.2, 0) is 6.54 Å². The van der Waals surface area contributed by atoms with E-state index in [1.54, 1.807) is 11.8 Å². The highest BCUT2D eigenvalue weighted by molar-refractivity contribution is 7.98. The molecular weight excluding hydrogens is 240 g/mol. The summed E-state index contributed by atoms with van der Waals surface area (Å²) in [5, 5.41) is 3.57. The average molecular weight is 264 g/mol. The van der Waals surface area contributed by atoms with Crippen LogP contribution in [-0.4, -0.2) is 36.8 Å². The fourth-order valence-electron chi connectivity index (χ4n) is 2.48. The number of hydrogen-bond donors (Lipinski definition) is 1. The van der Waals surface area contributed by atoms with E-state index in [-0.39, 0.29) is 0 Å². The van der Waals surface area contributed by atoms with Gasteiger partial charge in [0.15, 0.2) is 0 Å². The topological polar surface area (TPSA) is 15.3 Å². The highest BCUT2D eigenvalue weighted by Crippen LogP contribution is 2.15. The summed E-state index contributed by atoms with van der Waals surface area (Å²) in [5.74, 6) is 0. The van der Waals surface area contributed by atoms with Crippen LogP contribution in [0, 0.1) is 0 Å². The molecule has 100 valence electrons. The molecule has 1 saturated heterocycles. The first-order chi connectivity index (χ1) is 8.79. The van der Waals surface area contributed by atoms with E-state index in [1.807, 2.05) is 0 Å². The molecule has 0 bridgehead atoms. The third-order valence-electron chi connectivity index (χ3n) is 3.69. The Kier molecular flexibility index (Phi) is 5.54. The number of nitrogens with one attached hydrogen (secondary N) is 1. The molecule has 1 aliphatic rings. The Morgan fingerprint density at radius 3 is 2.50 bits per heavy atom. The van der Waals surface area contributed by atoms with E-state index in [1.165, 1.54) is 36.4 Å². The molecule has 2 nitrogen and oxygen atoms in total. The van der Waals surface area contributed by atoms with Crippen LogP contribution >= 0.6 is 11.8 Å². The van der Waals surface area contributed by atoms with E-state index in [4.69, 9.17) is 0 Å². The lowest BCUT2D eigenvalue weighted by atomic mass is 10.2. The van der Waals surface area contributed by atoms with Crippen molar-refractivity contribution in [2.45, 2.75) is 37.2 Å². The average Bonchev–Trinajstić information content (AvgIpc) is 2.93. The van der Waals surface area contributed by atoms with Gasteiger partial charge < -0.3 is 5.32 Å². The Labute approximate surface area is 115 Å². The molecule has 0 radical (unpaired) electrons. The van der Waals surface area contributed by atoms with Crippen LogP contribution in [0.5, 0.6) is 0 Å². The van der Waals surface area contributed by atoms with Gasteiger partial charge in [0.05, 0.1) is 0 Å². The number of thioether (sulfide) groups is 1. The van der Waals surface area contributed by atoms with Gasteiger partial charge in [-0.15, -0.1) is 11.8 Å². The molecule has 1 aliphatic heterocycles. The summed E-state index contributed by atoms with van der Waals surface area (Å²) in [6.45, 7) is 6.96. The second-order valence-electron chi connectivity index (χ2n) is 5.07. The van der Waals surface area contributed by atoms with E-state index < -0.39 is 0 Å². The van der Waals surface area contributed by atoms with Gasteiger partial charge in [-0.1, -0.05) is 12.1 Å². The molecule has 18 heavy (non-hydrogen) atoms. The van der Waals surface area contributed by atoms with Gasteiger partial charge in [-0.3, -0.25) is 4.90 Å². The molecule has 3 heteroatoms. The maximum Gasteiger partial charge on any atom is 0.0206 e. The molecule has 1 atom stereocenters. The van der Waals surface area contributed by atoms with Crippen LogP contribution in [0.25, 0.3) is 0 Å². The van der Waals surface area contributed by atoms with Crippen LogP contribution < -0.4 is 5.32 Å². The smallest absolute Gasteiger partial charge is 0.0206 e. The monoisotopic (exact) mass is 264 g/mol. The van der Waals surface area contributed by atoms with Gasteiger partial charge in [0, 0.05) is 24.0 Å². The van der Waals surface area contributed by atoms with E-state index in [2.05, 4.69) is 47.7 Å². The second kappa shape index (κ2) is 7.17. The van der Waals surface area contributed by atoms with Gasteiger partial charge >= 0.3 is 0 Å². The minimum absolute atomic E-state index is 0.665. The molecule has 1 fully saturated rings. The lowest BCUT2D eigenvalue weighted by Crippen LogP contribution is -2.38. The van der Waals surface area contributed by atoms with Crippen molar-refractivity contribution in [1.29, 1.82) is 0 Å². The Hall–Kier alpha value is -0.510. The molecule has 1 aromatic carbocycles. The first kappa shape index (κ1) is 13.9. The lowest BCUT2D eigenvalue weighted by molar-refractivity contribution is 0.251. The third kappa shape index (κ3) is 4.01. The predicted octanol–water partition coefficient (Wildman–Crippen LogP) is 2.98. The first-order valence-corrected chi connectivity index (χ1v) is 8.10. The highest BCUT2D eigenvalue weighted by Gasteiger charge is 2.17. The lowest BCUT2D eigenvalue weighted by Gasteiger charge is -2.23. The molecule has 1 heterocycles. The van der Waals surface area contributed by atoms with Crippen molar-refractivity contribution in [2.24, 2.45) is 0 Å². The first-order valence-electron chi connectivity index (χ1n) is 6.87. The van der Waals surface area contributed by atoms with Crippen LogP contribution in [0.15, 0.2) is 29.2 Å². The fourth-order valence-corrected chi connectivity index (χ4v) is 2.89. The van der Waals surface area contributed by atoms with E-state index in [0.29, 0.717) is 6.04 Å². The van der Waals surface area contributed by atoms with Gasteiger partial charge in [0.1, 0.15) is 0 Å². The summed E-state index contributed by atoms with van der Waals surface area (Å²) < 4.78 is 0. The molecular formula is C15H24N2S. The molecule has 0 aliphatic carbocycles. The van der Waals surface area contributed by atoms with Gasteiger partial charge in [-0.25, -0.2) is 0 Å². The van der Waals surface area contributed by atoms with Gasteiger partial charge in [-0.05, 0) is 56.8 Å². The zero-order valence-corrected chi connectivity index (χ0v) is 12.3. The number of benzene rings is 1. The Balaban J connectivity index is 1.70. The molecule has 1 N–H and O–H groups in total. The second-order valence-corrected chi connectivity index (χ2v) is 5.95. The van der Waals surface area contributed by atoms with Crippen LogP contribution in [0.2, 0.25) is 0 Å². The van der Waals surface area contributed by atoms with Crippen molar-refractivity contribution in [3.63, 3.8) is 0 Å². The molecule has 1 unspecified atom stereocenters. The summed E-state index contributed by atoms with van der Waals surface area (Å²) >= 11 is 1.80. The van der Waals surface area contributed by atoms with Crippen molar-refractivity contribution in [2.75, 3.05) is 25.9 Å². The molecule has 0 amide bonds. The number of hydrogen-bond acceptors (Lipinski definition) is 3. The standard InChI is InChI=1S/C15H24N2S/c1-13(17-9-3-4-10-17)11-16-12-14-5-7-15(18-2)8-6-14/h5-8,13,16H,3-4,9-12H2,1-2H3. The number of likely N-dealkylation sites (tertiary alicyclic amines) is 1. The van der Waals surface area contributed by atoms with Gasteiger partial charge in [0.2, 0.25) is 0 Å². The minimum Gasteiger partial charge on any atom is -0.311 e. The van der Waals surface area contributed by atoms with Gasteiger partial charge in [-0.2, -0.15) is 0 Å². The molecule has 2 rings (SSSR count). The summed E-state index contributed by atoms with van der Waals surface area (Å²) in [5.41, 5.74) is 1.38. The van der Waals surface area contributed by atoms with Crippen molar-refractivity contribution >= 4 is 11.8 Å². The Morgan fingerprint density at radius 1 is 1.22 bits per heavy atom. The number of rotatable bonds is 6. The van der Waals surface area contributed by atoms with E-state index >= 15 is 0 Å². The molecule has 0 aromatic heterocycles. The minimum atomic E-state index is 0.665. The summed E-state index contributed by atoms with van der Waals surface area (Å²) in [4.78, 5) is 3.92. The van der Waals surface area contributed by atoms with Crippen molar-refractivity contribution in [3.05, 3.63) is 29.8 Å². The molecule has 0 saturated carbocycles. The van der Waals surface area contributed by atoms with Crippen molar-refractivity contribution < 1.29 is 0 Å². The summed E-state index contributed by atoms with van der Waals surface area (Å²) in [6, 6.07) is 9.51. The SMILES string of the molecule is CSc1ccc(CNCC(C)N2CCCC2)cc1. The summed E-state index contributed by atoms with van der Waals surface area (Å²) in [6.07, 6.45) is 4.87. The van der Waals surface area contributed by atoms with Gasteiger partial charge in [0.25, 0.3) is 0 Å². The van der Waals surface area contributed by atoms with Crippen LogP contribution in [0.3, 0.4) is 0 Å². The van der Waals surface area contributed by atoms with Crippen LogP contribution in [0.4, 0.5) is 0 Å². The van der Waals surface area contributed by atoms with Crippen LogP contribution in [0.1, 0.15) is 25.3 Å². The maximum atomic E-state index is 3.57. The zero-order chi connectivity index (χ0) is 12.8. The third-order valence-corrected chi connectivity index (χ3v) is 4.44. The van der Waals surface area contributed by atoms with E-state index in [0.717, 1.165) is 13.1 Å². The molecule has 1 aromatic rings. The zero-order valence-electron chi connectivity index (χ0n) is 11.5. The maximum absolute atomic E-state index is 3.57. The normalized spacial score (nSPS) is 18.1. The fraction of sp³-hybridized carbons (Fsp3) is 0.600. The highest BCUT2D eigenvalue weighted by atomic mass is 32.2. The van der Waals surface area contributed by atoms with Crippen molar-refractivity contribution in [1.82, 2.24) is 10.2 Å².